The van der Waals surface area contributed by atoms with E-state index in [1.54, 1.807) is 0 Å². The lowest BCUT2D eigenvalue weighted by Crippen LogP contribution is -2.19. The third kappa shape index (κ3) is 3.42. The number of thiocarbonyl (C=S) groups is 1. The van der Waals surface area contributed by atoms with Gasteiger partial charge in [-0.1, -0.05) is 30.4 Å². The van der Waals surface area contributed by atoms with Crippen molar-refractivity contribution < 1.29 is 4.74 Å². The van der Waals surface area contributed by atoms with Gasteiger partial charge in [0.15, 0.2) is 5.75 Å². The monoisotopic (exact) mass is 347 g/mol. The largest absolute Gasteiger partial charge is 0.454 e. The Bertz CT molecular complexity index is 682. The Morgan fingerprint density at radius 3 is 2.41 bits per heavy atom. The van der Waals surface area contributed by atoms with E-state index < -0.39 is 0 Å². The van der Waals surface area contributed by atoms with E-state index in [1.807, 2.05) is 36.4 Å². The maximum atomic E-state index is 6.10. The summed E-state index contributed by atoms with van der Waals surface area (Å²) in [6.07, 6.45) is 2.39. The molecule has 1 aliphatic rings. The van der Waals surface area contributed by atoms with E-state index in [0.717, 1.165) is 40.7 Å². The zero-order valence-electron chi connectivity index (χ0n) is 12.0. The molecule has 1 fully saturated rings. The fourth-order valence-corrected chi connectivity index (χ4v) is 3.17. The normalized spacial score (nSPS) is 14.2. The van der Waals surface area contributed by atoms with E-state index in [2.05, 4.69) is 36.2 Å². The van der Waals surface area contributed by atoms with Crippen LogP contribution in [0.4, 0.5) is 5.69 Å². The van der Waals surface area contributed by atoms with E-state index in [1.165, 1.54) is 12.8 Å². The van der Waals surface area contributed by atoms with Gasteiger partial charge in [0.2, 0.25) is 0 Å². The fourth-order valence-electron chi connectivity index (χ4n) is 2.63. The molecule has 114 valence electrons. The van der Waals surface area contributed by atoms with Crippen molar-refractivity contribution in [1.82, 2.24) is 0 Å². The third-order valence-corrected chi connectivity index (χ3v) is 4.53. The van der Waals surface area contributed by atoms with Crippen molar-refractivity contribution in [2.24, 2.45) is 0 Å². The molecule has 2 nitrogen and oxygen atoms in total. The smallest absolute Gasteiger partial charge is 0.164 e. The molecule has 0 radical (unpaired) electrons. The van der Waals surface area contributed by atoms with Crippen molar-refractivity contribution in [2.75, 3.05) is 18.0 Å². The molecule has 0 unspecified atom stereocenters. The number of anilines is 1. The Balaban J connectivity index is 2.04. The molecule has 3 rings (SSSR count). The van der Waals surface area contributed by atoms with Crippen molar-refractivity contribution in [3.05, 3.63) is 48.0 Å². The number of rotatable bonds is 4. The van der Waals surface area contributed by atoms with Gasteiger partial charge >= 0.3 is 0 Å². The molecule has 1 heterocycles. The molecule has 0 saturated carbocycles. The van der Waals surface area contributed by atoms with E-state index >= 15 is 0 Å². The van der Waals surface area contributed by atoms with Gasteiger partial charge in [-0.15, -0.1) is 25.3 Å². The second kappa shape index (κ2) is 6.94. The van der Waals surface area contributed by atoms with Gasteiger partial charge in [-0.05, 0) is 37.1 Å². The van der Waals surface area contributed by atoms with Crippen molar-refractivity contribution in [3.63, 3.8) is 0 Å². The molecule has 0 atom stereocenters. The highest BCUT2D eigenvalue weighted by atomic mass is 32.1. The summed E-state index contributed by atoms with van der Waals surface area (Å²) in [6.45, 7) is 2.06. The van der Waals surface area contributed by atoms with Gasteiger partial charge in [0.25, 0.3) is 0 Å². The summed E-state index contributed by atoms with van der Waals surface area (Å²) in [5.74, 6) is 1.59. The molecule has 1 aliphatic heterocycles. The SMILES string of the molecule is S=C(S)c1cc(S)c(Oc2ccccc2)c(N2CCCC2)c1. The predicted molar refractivity (Wildman–Crippen MR) is 102 cm³/mol. The van der Waals surface area contributed by atoms with Gasteiger partial charge in [0.1, 0.15) is 5.75 Å². The number of hydrogen-bond acceptors (Lipinski definition) is 4. The minimum atomic E-state index is 0.571. The third-order valence-electron chi connectivity index (χ3n) is 3.71. The van der Waals surface area contributed by atoms with Gasteiger partial charge in [-0.2, -0.15) is 0 Å². The number of thiol groups is 2. The zero-order valence-corrected chi connectivity index (χ0v) is 14.6. The van der Waals surface area contributed by atoms with Crippen LogP contribution in [-0.2, 0) is 0 Å². The Hall–Kier alpha value is -1.17. The summed E-state index contributed by atoms with van der Waals surface area (Å²) in [5.41, 5.74) is 1.95. The van der Waals surface area contributed by atoms with Crippen molar-refractivity contribution in [1.29, 1.82) is 0 Å². The van der Waals surface area contributed by atoms with Crippen molar-refractivity contribution >= 4 is 47.4 Å². The molecule has 1 saturated heterocycles. The molecule has 0 aromatic heterocycles. The second-order valence-corrected chi connectivity index (χ2v) is 6.90. The van der Waals surface area contributed by atoms with E-state index in [4.69, 9.17) is 17.0 Å². The quantitative estimate of drug-likeness (QED) is 0.599. The van der Waals surface area contributed by atoms with Crippen LogP contribution in [0.5, 0.6) is 11.5 Å². The van der Waals surface area contributed by atoms with E-state index in [-0.39, 0.29) is 0 Å². The maximum Gasteiger partial charge on any atom is 0.164 e. The van der Waals surface area contributed by atoms with Gasteiger partial charge in [0, 0.05) is 23.5 Å². The molecule has 0 spiro atoms. The Kier molecular flexibility index (Phi) is 4.96. The van der Waals surface area contributed by atoms with Crippen LogP contribution in [0.2, 0.25) is 0 Å². The van der Waals surface area contributed by atoms with Crippen LogP contribution >= 0.6 is 37.5 Å². The number of para-hydroxylation sites is 1. The Labute approximate surface area is 147 Å². The molecular formula is C17H17NOS3. The predicted octanol–water partition coefficient (Wildman–Crippen LogP) is 4.97. The van der Waals surface area contributed by atoms with Crippen molar-refractivity contribution in [2.45, 2.75) is 17.7 Å². The highest BCUT2D eigenvalue weighted by molar-refractivity contribution is 8.11. The first-order chi connectivity index (χ1) is 10.6. The van der Waals surface area contributed by atoms with E-state index in [9.17, 15) is 0 Å². The Morgan fingerprint density at radius 1 is 1.09 bits per heavy atom. The van der Waals surface area contributed by atoms with Crippen LogP contribution < -0.4 is 9.64 Å². The van der Waals surface area contributed by atoms with Crippen LogP contribution in [0.15, 0.2) is 47.4 Å². The number of nitrogens with zero attached hydrogens (tertiary/aromatic N) is 1. The second-order valence-electron chi connectivity index (χ2n) is 5.26. The lowest BCUT2D eigenvalue weighted by molar-refractivity contribution is 0.471. The average Bonchev–Trinajstić information content (AvgIpc) is 3.04. The molecule has 0 N–H and O–H groups in total. The summed E-state index contributed by atoms with van der Waals surface area (Å²) < 4.78 is 6.67. The highest BCUT2D eigenvalue weighted by Gasteiger charge is 2.20. The van der Waals surface area contributed by atoms with Crippen LogP contribution in [0.25, 0.3) is 0 Å². The van der Waals surface area contributed by atoms with E-state index in [0.29, 0.717) is 4.20 Å². The van der Waals surface area contributed by atoms with Gasteiger partial charge in [-0.3, -0.25) is 0 Å². The van der Waals surface area contributed by atoms with Crippen LogP contribution in [0.3, 0.4) is 0 Å². The minimum Gasteiger partial charge on any atom is -0.454 e. The summed E-state index contributed by atoms with van der Waals surface area (Å²) in [6, 6.07) is 13.7. The van der Waals surface area contributed by atoms with Gasteiger partial charge in [-0.25, -0.2) is 0 Å². The molecule has 2 aromatic carbocycles. The standard InChI is InChI=1S/C17H17NOS3/c20-15-11-12(17(21)22)10-14(18-8-4-5-9-18)16(15)19-13-6-2-1-3-7-13/h1-3,6-7,10-11,20H,4-5,8-9H2,(H,21,22). The number of ether oxygens (including phenoxy) is 1. The lowest BCUT2D eigenvalue weighted by atomic mass is 10.2. The number of hydrogen-bond donors (Lipinski definition) is 2. The maximum absolute atomic E-state index is 6.10. The highest BCUT2D eigenvalue weighted by Crippen LogP contribution is 2.40. The summed E-state index contributed by atoms with van der Waals surface area (Å²) in [5, 5.41) is 0. The fraction of sp³-hybridized carbons (Fsp3) is 0.235. The topological polar surface area (TPSA) is 12.5 Å². The molecule has 0 amide bonds. The van der Waals surface area contributed by atoms with Gasteiger partial charge < -0.3 is 9.64 Å². The summed E-state index contributed by atoms with van der Waals surface area (Å²) in [7, 11) is 0. The first-order valence-corrected chi connectivity index (χ1v) is 8.53. The average molecular weight is 348 g/mol. The zero-order chi connectivity index (χ0) is 15.5. The first-order valence-electron chi connectivity index (χ1n) is 7.23. The molecule has 0 bridgehead atoms. The number of benzene rings is 2. The summed E-state index contributed by atoms with van der Waals surface area (Å²) in [4.78, 5) is 3.10. The lowest BCUT2D eigenvalue weighted by Gasteiger charge is -2.23. The van der Waals surface area contributed by atoms with Gasteiger partial charge in [0.05, 0.1) is 9.88 Å². The first kappa shape index (κ1) is 15.7. The molecular weight excluding hydrogens is 330 g/mol. The molecule has 2 aromatic rings. The Morgan fingerprint density at radius 2 is 1.77 bits per heavy atom. The van der Waals surface area contributed by atoms with Crippen LogP contribution in [0.1, 0.15) is 18.4 Å². The minimum absolute atomic E-state index is 0.571. The van der Waals surface area contributed by atoms with Crippen molar-refractivity contribution in [3.8, 4) is 11.5 Å². The van der Waals surface area contributed by atoms with Crippen LogP contribution in [-0.4, -0.2) is 17.3 Å². The van der Waals surface area contributed by atoms with Crippen LogP contribution in [0, 0.1) is 0 Å². The molecule has 5 heteroatoms. The molecule has 0 aliphatic carbocycles. The summed E-state index contributed by atoms with van der Waals surface area (Å²) >= 11 is 14.1. The molecule has 22 heavy (non-hydrogen) atoms.